The molecule has 94 valence electrons. The molecular formula is C11H16N2O4. The zero-order valence-corrected chi connectivity index (χ0v) is 10.2. The van der Waals surface area contributed by atoms with Gasteiger partial charge in [-0.3, -0.25) is 9.69 Å². The van der Waals surface area contributed by atoms with E-state index in [1.54, 1.807) is 13.8 Å². The maximum Gasteiger partial charge on any atom is 0.333 e. The number of carbonyl (C=O) groups is 3. The van der Waals surface area contributed by atoms with Gasteiger partial charge in [-0.05, 0) is 20.8 Å². The Morgan fingerprint density at radius 2 is 2.06 bits per heavy atom. The van der Waals surface area contributed by atoms with Crippen LogP contribution >= 0.6 is 0 Å². The first-order chi connectivity index (χ1) is 7.75. The minimum absolute atomic E-state index is 0.0269. The molecule has 1 saturated heterocycles. The second-order valence-corrected chi connectivity index (χ2v) is 4.43. The standard InChI is InChI=1S/C11H16N2O4/c1-7(2)8(14)17-6-5-13-9(15)11(3,4)12-10(13)16/h1,5-6H2,2-4H3,(H,12,16). The number of rotatable bonds is 4. The molecule has 3 amide bonds. The van der Waals surface area contributed by atoms with Gasteiger partial charge in [0.25, 0.3) is 5.91 Å². The normalized spacial score (nSPS) is 17.9. The van der Waals surface area contributed by atoms with Crippen molar-refractivity contribution in [3.8, 4) is 0 Å². The summed E-state index contributed by atoms with van der Waals surface area (Å²) in [6, 6.07) is -0.466. The lowest BCUT2D eigenvalue weighted by molar-refractivity contribution is -0.141. The predicted octanol–water partition coefficient (Wildman–Crippen LogP) is 0.436. The Bertz CT molecular complexity index is 387. The predicted molar refractivity (Wildman–Crippen MR) is 60.1 cm³/mol. The molecular weight excluding hydrogens is 224 g/mol. The summed E-state index contributed by atoms with van der Waals surface area (Å²) in [5.74, 6) is -0.856. The van der Waals surface area contributed by atoms with E-state index >= 15 is 0 Å². The minimum Gasteiger partial charge on any atom is -0.460 e. The lowest BCUT2D eigenvalue weighted by Crippen LogP contribution is -2.40. The van der Waals surface area contributed by atoms with Crippen molar-refractivity contribution in [2.24, 2.45) is 0 Å². The number of carbonyl (C=O) groups excluding carboxylic acids is 3. The van der Waals surface area contributed by atoms with Crippen molar-refractivity contribution in [2.45, 2.75) is 26.3 Å². The zero-order chi connectivity index (χ0) is 13.2. The first kappa shape index (κ1) is 13.2. The molecule has 0 aliphatic carbocycles. The summed E-state index contributed by atoms with van der Waals surface area (Å²) < 4.78 is 4.82. The number of imide groups is 1. The van der Waals surface area contributed by atoms with E-state index in [1.165, 1.54) is 6.92 Å². The fraction of sp³-hybridized carbons (Fsp3) is 0.545. The molecule has 0 aromatic heterocycles. The summed E-state index contributed by atoms with van der Waals surface area (Å²) >= 11 is 0. The van der Waals surface area contributed by atoms with Gasteiger partial charge in [-0.1, -0.05) is 6.58 Å². The number of hydrogen-bond donors (Lipinski definition) is 1. The lowest BCUT2D eigenvalue weighted by Gasteiger charge is -2.15. The summed E-state index contributed by atoms with van der Waals surface area (Å²) in [5.41, 5.74) is -0.613. The molecule has 6 nitrogen and oxygen atoms in total. The van der Waals surface area contributed by atoms with Gasteiger partial charge in [0.05, 0.1) is 6.54 Å². The molecule has 0 saturated carbocycles. The molecule has 0 aromatic carbocycles. The quantitative estimate of drug-likeness (QED) is 0.439. The third-order valence-corrected chi connectivity index (χ3v) is 2.34. The molecule has 0 bridgehead atoms. The van der Waals surface area contributed by atoms with Crippen molar-refractivity contribution >= 4 is 17.9 Å². The average molecular weight is 240 g/mol. The van der Waals surface area contributed by atoms with Crippen molar-refractivity contribution in [1.29, 1.82) is 0 Å². The summed E-state index contributed by atoms with van der Waals surface area (Å²) in [7, 11) is 0. The second kappa shape index (κ2) is 4.57. The minimum atomic E-state index is -0.893. The maximum absolute atomic E-state index is 11.7. The van der Waals surface area contributed by atoms with Crippen LogP contribution in [0.3, 0.4) is 0 Å². The Balaban J connectivity index is 2.48. The molecule has 1 heterocycles. The van der Waals surface area contributed by atoms with Gasteiger partial charge in [-0.2, -0.15) is 0 Å². The molecule has 0 radical (unpaired) electrons. The molecule has 0 unspecified atom stereocenters. The first-order valence-electron chi connectivity index (χ1n) is 5.22. The Labute approximate surface area is 99.6 Å². The highest BCUT2D eigenvalue weighted by Gasteiger charge is 2.43. The van der Waals surface area contributed by atoms with Gasteiger partial charge < -0.3 is 10.1 Å². The largest absolute Gasteiger partial charge is 0.460 e. The van der Waals surface area contributed by atoms with Gasteiger partial charge in [0, 0.05) is 5.57 Å². The molecule has 1 fully saturated rings. The van der Waals surface area contributed by atoms with Gasteiger partial charge in [0.1, 0.15) is 12.1 Å². The Hall–Kier alpha value is -1.85. The number of esters is 1. The van der Waals surface area contributed by atoms with Crippen molar-refractivity contribution in [3.63, 3.8) is 0 Å². The van der Waals surface area contributed by atoms with E-state index in [0.29, 0.717) is 0 Å². The highest BCUT2D eigenvalue weighted by molar-refractivity contribution is 6.06. The van der Waals surface area contributed by atoms with E-state index in [1.807, 2.05) is 0 Å². The summed E-state index contributed by atoms with van der Waals surface area (Å²) in [4.78, 5) is 35.3. The number of urea groups is 1. The smallest absolute Gasteiger partial charge is 0.333 e. The van der Waals surface area contributed by atoms with E-state index in [-0.39, 0.29) is 24.6 Å². The SMILES string of the molecule is C=C(C)C(=O)OCCN1C(=O)NC(C)(C)C1=O. The molecule has 1 aliphatic rings. The molecule has 0 atom stereocenters. The van der Waals surface area contributed by atoms with Crippen molar-refractivity contribution < 1.29 is 19.1 Å². The molecule has 1 rings (SSSR count). The van der Waals surface area contributed by atoms with Crippen molar-refractivity contribution in [2.75, 3.05) is 13.2 Å². The number of amides is 3. The van der Waals surface area contributed by atoms with E-state index < -0.39 is 17.5 Å². The van der Waals surface area contributed by atoms with Crippen LogP contribution in [-0.4, -0.2) is 41.5 Å². The van der Waals surface area contributed by atoms with Gasteiger partial charge in [-0.15, -0.1) is 0 Å². The first-order valence-corrected chi connectivity index (χ1v) is 5.22. The van der Waals surface area contributed by atoms with Crippen LogP contribution in [0.25, 0.3) is 0 Å². The Morgan fingerprint density at radius 1 is 1.47 bits per heavy atom. The second-order valence-electron chi connectivity index (χ2n) is 4.43. The van der Waals surface area contributed by atoms with E-state index in [2.05, 4.69) is 11.9 Å². The van der Waals surface area contributed by atoms with Gasteiger partial charge in [0.15, 0.2) is 0 Å². The Morgan fingerprint density at radius 3 is 2.47 bits per heavy atom. The van der Waals surface area contributed by atoms with Crippen molar-refractivity contribution in [3.05, 3.63) is 12.2 Å². The summed E-state index contributed by atoms with van der Waals surface area (Å²) in [5, 5.41) is 2.53. The molecule has 17 heavy (non-hydrogen) atoms. The molecule has 0 aromatic rings. The van der Waals surface area contributed by atoms with Gasteiger partial charge >= 0.3 is 12.0 Å². The highest BCUT2D eigenvalue weighted by atomic mass is 16.5. The maximum atomic E-state index is 11.7. The molecule has 0 spiro atoms. The van der Waals surface area contributed by atoms with Crippen LogP contribution in [0.1, 0.15) is 20.8 Å². The average Bonchev–Trinajstić information content (AvgIpc) is 2.39. The summed E-state index contributed by atoms with van der Waals surface area (Å²) in [6.45, 7) is 8.21. The fourth-order valence-electron chi connectivity index (χ4n) is 1.37. The van der Waals surface area contributed by atoms with Crippen LogP contribution in [0.5, 0.6) is 0 Å². The van der Waals surface area contributed by atoms with E-state index in [4.69, 9.17) is 4.74 Å². The molecule has 6 heteroatoms. The van der Waals surface area contributed by atoms with Crippen molar-refractivity contribution in [1.82, 2.24) is 10.2 Å². The van der Waals surface area contributed by atoms with E-state index in [9.17, 15) is 14.4 Å². The van der Waals surface area contributed by atoms with Crippen LogP contribution < -0.4 is 5.32 Å². The molecule has 1 N–H and O–H groups in total. The molecule has 1 aliphatic heterocycles. The number of hydrogen-bond acceptors (Lipinski definition) is 4. The van der Waals surface area contributed by atoms with Crippen LogP contribution in [0.4, 0.5) is 4.79 Å². The third-order valence-electron chi connectivity index (χ3n) is 2.34. The highest BCUT2D eigenvalue weighted by Crippen LogP contribution is 2.15. The van der Waals surface area contributed by atoms with E-state index in [0.717, 1.165) is 4.90 Å². The Kier molecular flexibility index (Phi) is 3.55. The van der Waals surface area contributed by atoms with Crippen LogP contribution in [0, 0.1) is 0 Å². The van der Waals surface area contributed by atoms with Gasteiger partial charge in [0.2, 0.25) is 0 Å². The summed E-state index contributed by atoms with van der Waals surface area (Å²) in [6.07, 6.45) is 0. The lowest BCUT2D eigenvalue weighted by atomic mass is 10.1. The number of ether oxygens (including phenoxy) is 1. The van der Waals surface area contributed by atoms with Gasteiger partial charge in [-0.25, -0.2) is 9.59 Å². The number of nitrogens with one attached hydrogen (secondary N) is 1. The third kappa shape index (κ3) is 2.83. The monoisotopic (exact) mass is 240 g/mol. The topological polar surface area (TPSA) is 75.7 Å². The van der Waals surface area contributed by atoms with Crippen LogP contribution in [0.15, 0.2) is 12.2 Å². The fourth-order valence-corrected chi connectivity index (χ4v) is 1.37. The van der Waals surface area contributed by atoms with Crippen LogP contribution in [-0.2, 0) is 14.3 Å². The zero-order valence-electron chi connectivity index (χ0n) is 10.2. The number of nitrogens with zero attached hydrogens (tertiary/aromatic N) is 1. The van der Waals surface area contributed by atoms with Crippen LogP contribution in [0.2, 0.25) is 0 Å².